The number of fused-ring (bicyclic) bond motifs is 9. The summed E-state index contributed by atoms with van der Waals surface area (Å²) >= 11 is 0. The van der Waals surface area contributed by atoms with Gasteiger partial charge in [-0.2, -0.15) is 0 Å². The van der Waals surface area contributed by atoms with Gasteiger partial charge in [-0.3, -0.25) is 0 Å². The third-order valence-corrected chi connectivity index (χ3v) is 12.2. The van der Waals surface area contributed by atoms with Gasteiger partial charge in [0.2, 0.25) is 0 Å². The minimum absolute atomic E-state index is 0.207. The highest BCUT2D eigenvalue weighted by atomic mass is 15.2. The number of rotatable bonds is 5. The average Bonchev–Trinajstić information content (AvgIpc) is 3.41. The summed E-state index contributed by atoms with van der Waals surface area (Å²) in [5.41, 5.74) is 19.5. The summed E-state index contributed by atoms with van der Waals surface area (Å²) in [6.07, 6.45) is 0. The van der Waals surface area contributed by atoms with Gasteiger partial charge in [0, 0.05) is 39.0 Å². The molecule has 2 heteroatoms. The Morgan fingerprint density at radius 3 is 1.77 bits per heavy atom. The van der Waals surface area contributed by atoms with Crippen molar-refractivity contribution in [3.8, 4) is 44.5 Å². The second-order valence-corrected chi connectivity index (χ2v) is 15.8. The maximum absolute atomic E-state index is 2.45. The first kappa shape index (κ1) is 33.2. The Kier molecular flexibility index (Phi) is 7.55. The topological polar surface area (TPSA) is 6.48 Å². The van der Waals surface area contributed by atoms with Crippen molar-refractivity contribution < 1.29 is 0 Å². The van der Waals surface area contributed by atoms with Crippen LogP contribution < -0.4 is 9.80 Å². The van der Waals surface area contributed by atoms with E-state index in [1.165, 1.54) is 83.5 Å². The molecule has 0 bridgehead atoms. The van der Waals surface area contributed by atoms with E-state index < -0.39 is 0 Å². The van der Waals surface area contributed by atoms with E-state index in [1.54, 1.807) is 0 Å². The van der Waals surface area contributed by atoms with Crippen molar-refractivity contribution in [3.05, 3.63) is 217 Å². The highest BCUT2D eigenvalue weighted by Gasteiger charge is 2.37. The molecule has 0 saturated carbocycles. The van der Waals surface area contributed by atoms with Crippen molar-refractivity contribution in [1.82, 2.24) is 0 Å². The van der Waals surface area contributed by atoms with Crippen LogP contribution in [0, 0.1) is 0 Å². The molecule has 1 aliphatic carbocycles. The summed E-state index contributed by atoms with van der Waals surface area (Å²) in [4.78, 5) is 4.84. The fraction of sp³-hybridized carbons (Fsp3) is 0.0545. The Morgan fingerprint density at radius 2 is 0.965 bits per heavy atom. The molecule has 9 aromatic carbocycles. The average molecular weight is 729 g/mol. The maximum Gasteiger partial charge on any atom is 0.0540 e. The number of anilines is 6. The van der Waals surface area contributed by atoms with Gasteiger partial charge in [0.1, 0.15) is 0 Å². The first-order valence-electron chi connectivity index (χ1n) is 19.9. The molecule has 9 aromatic rings. The Morgan fingerprint density at radius 1 is 0.386 bits per heavy atom. The quantitative estimate of drug-likeness (QED) is 0.174. The zero-order valence-electron chi connectivity index (χ0n) is 32.0. The van der Waals surface area contributed by atoms with E-state index in [2.05, 4.69) is 230 Å². The van der Waals surface area contributed by atoms with Crippen molar-refractivity contribution in [2.75, 3.05) is 9.80 Å². The van der Waals surface area contributed by atoms with Crippen LogP contribution in [0.2, 0.25) is 0 Å². The zero-order valence-corrected chi connectivity index (χ0v) is 32.0. The standard InChI is InChI=1S/C55H40N2/c1-55(2)50-35-39(38-29-33-54-49(34-38)45-24-12-11-23-44(45)48-25-13-14-26-53(48)57(54)41-20-7-4-8-21-41)28-31-46(50)47-32-30-42(36-51(47)55)56(40-18-5-3-6-19-40)52-27-15-17-37-16-9-10-22-43(37)52/h3-36H,1-2H3. The van der Waals surface area contributed by atoms with Crippen LogP contribution in [0.5, 0.6) is 0 Å². The lowest BCUT2D eigenvalue weighted by Crippen LogP contribution is -2.16. The second kappa shape index (κ2) is 13.0. The van der Waals surface area contributed by atoms with Gasteiger partial charge < -0.3 is 9.80 Å². The third-order valence-electron chi connectivity index (χ3n) is 12.2. The van der Waals surface area contributed by atoms with E-state index >= 15 is 0 Å². The van der Waals surface area contributed by atoms with Crippen molar-refractivity contribution >= 4 is 44.9 Å². The molecule has 0 saturated heterocycles. The van der Waals surface area contributed by atoms with Gasteiger partial charge >= 0.3 is 0 Å². The molecule has 0 unspecified atom stereocenters. The summed E-state index contributed by atoms with van der Waals surface area (Å²) < 4.78 is 0. The largest absolute Gasteiger partial charge is 0.310 e. The van der Waals surface area contributed by atoms with E-state index in [4.69, 9.17) is 0 Å². The molecule has 2 nitrogen and oxygen atoms in total. The Balaban J connectivity index is 1.03. The predicted molar refractivity (Wildman–Crippen MR) is 241 cm³/mol. The summed E-state index contributed by atoms with van der Waals surface area (Å²) in [7, 11) is 0. The molecule has 2 aliphatic rings. The van der Waals surface area contributed by atoms with Gasteiger partial charge in [0.05, 0.1) is 17.1 Å². The summed E-state index contributed by atoms with van der Waals surface area (Å²) in [5.74, 6) is 0. The number of benzene rings is 9. The lowest BCUT2D eigenvalue weighted by molar-refractivity contribution is 0.660. The van der Waals surface area contributed by atoms with Gasteiger partial charge in [-0.1, -0.05) is 153 Å². The van der Waals surface area contributed by atoms with E-state index in [-0.39, 0.29) is 5.41 Å². The van der Waals surface area contributed by atoms with Gasteiger partial charge in [-0.05, 0) is 117 Å². The van der Waals surface area contributed by atoms with Crippen LogP contribution in [0.25, 0.3) is 55.3 Å². The highest BCUT2D eigenvalue weighted by Crippen LogP contribution is 2.54. The SMILES string of the molecule is CC1(C)c2cc(-c3ccc4c(c3)-c3ccccc3-c3ccccc3N4c3ccccc3)ccc2-c2ccc(N(c3ccccc3)c3cccc4ccccc34)cc21. The molecule has 0 atom stereocenters. The number of nitrogens with zero attached hydrogens (tertiary/aromatic N) is 2. The normalized spacial score (nSPS) is 13.2. The van der Waals surface area contributed by atoms with E-state index in [9.17, 15) is 0 Å². The minimum Gasteiger partial charge on any atom is -0.310 e. The predicted octanol–water partition coefficient (Wildman–Crippen LogP) is 15.4. The molecule has 0 radical (unpaired) electrons. The van der Waals surface area contributed by atoms with Crippen molar-refractivity contribution in [2.24, 2.45) is 0 Å². The molecule has 0 aromatic heterocycles. The smallest absolute Gasteiger partial charge is 0.0540 e. The van der Waals surface area contributed by atoms with Crippen LogP contribution in [0.15, 0.2) is 206 Å². The highest BCUT2D eigenvalue weighted by molar-refractivity contribution is 6.04. The fourth-order valence-corrected chi connectivity index (χ4v) is 9.41. The molecule has 1 aliphatic heterocycles. The number of hydrogen-bond donors (Lipinski definition) is 0. The van der Waals surface area contributed by atoms with Crippen molar-refractivity contribution in [2.45, 2.75) is 19.3 Å². The third kappa shape index (κ3) is 5.25. The van der Waals surface area contributed by atoms with Crippen LogP contribution in [0.1, 0.15) is 25.0 Å². The van der Waals surface area contributed by atoms with Crippen LogP contribution >= 0.6 is 0 Å². The molecule has 11 rings (SSSR count). The van der Waals surface area contributed by atoms with Crippen LogP contribution in [0.4, 0.5) is 34.1 Å². The first-order valence-corrected chi connectivity index (χ1v) is 19.9. The van der Waals surface area contributed by atoms with Gasteiger partial charge in [0.25, 0.3) is 0 Å². The molecule has 57 heavy (non-hydrogen) atoms. The Hall–Kier alpha value is -7.16. The fourth-order valence-electron chi connectivity index (χ4n) is 9.41. The van der Waals surface area contributed by atoms with Crippen LogP contribution in [-0.4, -0.2) is 0 Å². The molecular formula is C55H40N2. The summed E-state index contributed by atoms with van der Waals surface area (Å²) in [6.45, 7) is 4.77. The molecule has 0 N–H and O–H groups in total. The van der Waals surface area contributed by atoms with Gasteiger partial charge in [-0.25, -0.2) is 0 Å². The number of para-hydroxylation sites is 3. The lowest BCUT2D eigenvalue weighted by Gasteiger charge is -2.29. The summed E-state index contributed by atoms with van der Waals surface area (Å²) in [6, 6.07) is 75.7. The molecule has 1 heterocycles. The zero-order chi connectivity index (χ0) is 38.1. The Labute approximate surface area is 334 Å². The van der Waals surface area contributed by atoms with E-state index in [0.29, 0.717) is 0 Å². The molecule has 0 amide bonds. The lowest BCUT2D eigenvalue weighted by atomic mass is 9.81. The second-order valence-electron chi connectivity index (χ2n) is 15.8. The van der Waals surface area contributed by atoms with Crippen LogP contribution in [0.3, 0.4) is 0 Å². The van der Waals surface area contributed by atoms with Crippen LogP contribution in [-0.2, 0) is 5.41 Å². The molecular weight excluding hydrogens is 689 g/mol. The van der Waals surface area contributed by atoms with Gasteiger partial charge in [0.15, 0.2) is 0 Å². The minimum atomic E-state index is -0.207. The maximum atomic E-state index is 2.45. The summed E-state index contributed by atoms with van der Waals surface area (Å²) in [5, 5.41) is 2.46. The van der Waals surface area contributed by atoms with E-state index in [1.807, 2.05) is 0 Å². The molecule has 270 valence electrons. The Bertz CT molecular complexity index is 2990. The first-order chi connectivity index (χ1) is 28.0. The number of hydrogen-bond acceptors (Lipinski definition) is 2. The van der Waals surface area contributed by atoms with Gasteiger partial charge in [-0.15, -0.1) is 0 Å². The molecule has 0 spiro atoms. The van der Waals surface area contributed by atoms with Crippen molar-refractivity contribution in [3.63, 3.8) is 0 Å². The monoisotopic (exact) mass is 728 g/mol. The molecule has 0 fully saturated rings. The van der Waals surface area contributed by atoms with E-state index in [0.717, 1.165) is 17.1 Å². The van der Waals surface area contributed by atoms with Crippen molar-refractivity contribution in [1.29, 1.82) is 0 Å².